The van der Waals surface area contributed by atoms with Gasteiger partial charge in [-0.25, -0.2) is 0 Å². The minimum atomic E-state index is -0.240. The summed E-state index contributed by atoms with van der Waals surface area (Å²) in [5.41, 5.74) is 2.38. The van der Waals surface area contributed by atoms with Gasteiger partial charge in [-0.15, -0.1) is 0 Å². The second-order valence-electron chi connectivity index (χ2n) is 9.06. The molecule has 0 aliphatic carbocycles. The van der Waals surface area contributed by atoms with Gasteiger partial charge in [0.15, 0.2) is 5.82 Å². The number of nitrogens with one attached hydrogen (secondary N) is 2. The maximum Gasteiger partial charge on any atom is 0.231 e. The van der Waals surface area contributed by atoms with Crippen LogP contribution in [0.1, 0.15) is 37.7 Å². The van der Waals surface area contributed by atoms with E-state index in [1.807, 2.05) is 57.2 Å². The van der Waals surface area contributed by atoms with E-state index in [9.17, 15) is 9.59 Å². The summed E-state index contributed by atoms with van der Waals surface area (Å²) in [4.78, 5) is 25.0. The van der Waals surface area contributed by atoms with Crippen LogP contribution in [0.5, 0.6) is 5.75 Å². The van der Waals surface area contributed by atoms with Crippen molar-refractivity contribution in [3.63, 3.8) is 0 Å². The number of fused-ring (bicyclic) bond motifs is 1. The van der Waals surface area contributed by atoms with Crippen molar-refractivity contribution in [3.8, 4) is 5.75 Å². The first-order valence-corrected chi connectivity index (χ1v) is 10.7. The second kappa shape index (κ2) is 8.86. The highest BCUT2D eigenvalue weighted by molar-refractivity contribution is 5.93. The highest BCUT2D eigenvalue weighted by Gasteiger charge is 2.26. The van der Waals surface area contributed by atoms with Gasteiger partial charge in [-0.05, 0) is 35.7 Å². The van der Waals surface area contributed by atoms with Crippen LogP contribution in [-0.4, -0.2) is 23.6 Å². The predicted octanol–water partition coefficient (Wildman–Crippen LogP) is 4.34. The molecular formula is C25H27N3O4. The normalized spacial score (nSPS) is 15.4. The predicted molar refractivity (Wildman–Crippen MR) is 122 cm³/mol. The Bertz CT molecular complexity index is 1110. The number of hydrogen-bond donors (Lipinski definition) is 2. The molecular weight excluding hydrogens is 406 g/mol. The fourth-order valence-corrected chi connectivity index (χ4v) is 3.51. The van der Waals surface area contributed by atoms with Gasteiger partial charge < -0.3 is 19.9 Å². The van der Waals surface area contributed by atoms with Crippen LogP contribution in [0.3, 0.4) is 0 Å². The van der Waals surface area contributed by atoms with Crippen molar-refractivity contribution in [1.82, 2.24) is 5.16 Å². The molecule has 2 amide bonds. The third-order valence-electron chi connectivity index (χ3n) is 5.35. The Hall–Kier alpha value is -3.61. The van der Waals surface area contributed by atoms with Crippen LogP contribution in [-0.2, 0) is 27.8 Å². The lowest BCUT2D eigenvalue weighted by molar-refractivity contribution is -0.121. The van der Waals surface area contributed by atoms with E-state index in [1.165, 1.54) is 0 Å². The van der Waals surface area contributed by atoms with Gasteiger partial charge in [0.25, 0.3) is 0 Å². The zero-order valence-electron chi connectivity index (χ0n) is 18.5. The Balaban J connectivity index is 1.30. The molecule has 2 heterocycles. The van der Waals surface area contributed by atoms with E-state index < -0.39 is 0 Å². The molecule has 7 heteroatoms. The Kier molecular flexibility index (Phi) is 5.99. The highest BCUT2D eigenvalue weighted by Crippen LogP contribution is 2.28. The van der Waals surface area contributed by atoms with Crippen molar-refractivity contribution in [2.75, 3.05) is 17.2 Å². The Morgan fingerprint density at radius 1 is 1.06 bits per heavy atom. The molecule has 1 aromatic heterocycles. The van der Waals surface area contributed by atoms with Crippen molar-refractivity contribution in [3.05, 3.63) is 71.5 Å². The molecule has 1 atom stereocenters. The number of benzene rings is 2. The second-order valence-corrected chi connectivity index (χ2v) is 9.06. The number of aromatic nitrogens is 1. The first kappa shape index (κ1) is 21.6. The molecule has 0 saturated heterocycles. The van der Waals surface area contributed by atoms with Crippen LogP contribution in [0, 0.1) is 5.92 Å². The highest BCUT2D eigenvalue weighted by atomic mass is 16.5. The van der Waals surface area contributed by atoms with Crippen LogP contribution in [0.4, 0.5) is 11.5 Å². The Labute approximate surface area is 187 Å². The largest absolute Gasteiger partial charge is 0.492 e. The van der Waals surface area contributed by atoms with E-state index in [2.05, 4.69) is 15.8 Å². The number of hydrogen-bond acceptors (Lipinski definition) is 5. The minimum Gasteiger partial charge on any atom is -0.492 e. The van der Waals surface area contributed by atoms with Crippen molar-refractivity contribution in [1.29, 1.82) is 0 Å². The number of nitrogens with zero attached hydrogens (tertiary/aromatic N) is 1. The van der Waals surface area contributed by atoms with E-state index in [1.54, 1.807) is 18.2 Å². The molecule has 1 unspecified atom stereocenters. The van der Waals surface area contributed by atoms with Crippen molar-refractivity contribution >= 4 is 23.3 Å². The maximum absolute atomic E-state index is 12.6. The van der Waals surface area contributed by atoms with E-state index in [0.29, 0.717) is 30.3 Å². The maximum atomic E-state index is 12.6. The summed E-state index contributed by atoms with van der Waals surface area (Å²) in [6.45, 7) is 6.40. The summed E-state index contributed by atoms with van der Waals surface area (Å²) in [5.74, 6) is 1.45. The number of carbonyl (C=O) groups excluding carboxylic acids is 2. The standard InChI is InChI=1S/C25H27N3O4/c1-25(2,3)21-14-22(28-32-21)27-23(29)12-16-8-10-19(11-9-16)26-24(30)18-13-17-6-4-5-7-20(17)31-15-18/h4-11,14,18H,12-13,15H2,1-3H3,(H,26,30)(H,27,28,29). The van der Waals surface area contributed by atoms with E-state index in [4.69, 9.17) is 9.26 Å². The molecule has 1 aliphatic heterocycles. The van der Waals surface area contributed by atoms with Gasteiger partial charge in [-0.3, -0.25) is 9.59 Å². The zero-order valence-corrected chi connectivity index (χ0v) is 18.5. The van der Waals surface area contributed by atoms with Crippen LogP contribution in [0.2, 0.25) is 0 Å². The summed E-state index contributed by atoms with van der Waals surface area (Å²) in [6.07, 6.45) is 0.846. The molecule has 2 aromatic carbocycles. The molecule has 0 bridgehead atoms. The molecule has 1 aliphatic rings. The van der Waals surface area contributed by atoms with Gasteiger partial charge in [0.2, 0.25) is 11.8 Å². The van der Waals surface area contributed by atoms with Crippen molar-refractivity contribution in [2.45, 2.75) is 39.0 Å². The summed E-state index contributed by atoms with van der Waals surface area (Å²) in [5, 5.41) is 9.60. The lowest BCUT2D eigenvalue weighted by Crippen LogP contribution is -2.32. The Morgan fingerprint density at radius 2 is 1.81 bits per heavy atom. The number of amides is 2. The van der Waals surface area contributed by atoms with Crippen molar-refractivity contribution in [2.24, 2.45) is 5.92 Å². The smallest absolute Gasteiger partial charge is 0.231 e. The van der Waals surface area contributed by atoms with Gasteiger partial charge in [-0.1, -0.05) is 56.3 Å². The summed E-state index contributed by atoms with van der Waals surface area (Å²) in [7, 11) is 0. The average molecular weight is 434 g/mol. The summed E-state index contributed by atoms with van der Waals surface area (Å²) in [6, 6.07) is 16.8. The number of para-hydroxylation sites is 1. The minimum absolute atomic E-state index is 0.0781. The molecule has 2 N–H and O–H groups in total. The first-order valence-electron chi connectivity index (χ1n) is 10.7. The average Bonchev–Trinajstić information content (AvgIpc) is 3.23. The van der Waals surface area contributed by atoms with Crippen LogP contribution in [0.25, 0.3) is 0 Å². The fourth-order valence-electron chi connectivity index (χ4n) is 3.51. The SMILES string of the molecule is CC(C)(C)c1cc(NC(=O)Cc2ccc(NC(=O)C3COc4ccccc4C3)cc2)no1. The van der Waals surface area contributed by atoms with Crippen LogP contribution in [0.15, 0.2) is 59.1 Å². The third-order valence-corrected chi connectivity index (χ3v) is 5.35. The van der Waals surface area contributed by atoms with E-state index in [0.717, 1.165) is 16.9 Å². The molecule has 0 radical (unpaired) electrons. The monoisotopic (exact) mass is 433 g/mol. The molecule has 7 nitrogen and oxygen atoms in total. The van der Waals surface area contributed by atoms with Crippen LogP contribution >= 0.6 is 0 Å². The third kappa shape index (κ3) is 5.17. The molecule has 0 saturated carbocycles. The van der Waals surface area contributed by atoms with Gasteiger partial charge >= 0.3 is 0 Å². The molecule has 0 spiro atoms. The summed E-state index contributed by atoms with van der Waals surface area (Å²) < 4.78 is 11.0. The number of anilines is 2. The van der Waals surface area contributed by atoms with E-state index in [-0.39, 0.29) is 29.6 Å². The van der Waals surface area contributed by atoms with Gasteiger partial charge in [0.1, 0.15) is 18.1 Å². The Morgan fingerprint density at radius 3 is 2.53 bits per heavy atom. The lowest BCUT2D eigenvalue weighted by Gasteiger charge is -2.24. The van der Waals surface area contributed by atoms with Gasteiger partial charge in [0.05, 0.1) is 12.3 Å². The summed E-state index contributed by atoms with van der Waals surface area (Å²) >= 11 is 0. The molecule has 3 aromatic rings. The van der Waals surface area contributed by atoms with Gasteiger partial charge in [-0.2, -0.15) is 0 Å². The molecule has 4 rings (SSSR count). The topological polar surface area (TPSA) is 93.5 Å². The van der Waals surface area contributed by atoms with E-state index >= 15 is 0 Å². The quantitative estimate of drug-likeness (QED) is 0.624. The van der Waals surface area contributed by atoms with Gasteiger partial charge in [0, 0.05) is 17.2 Å². The number of ether oxygens (including phenoxy) is 1. The molecule has 32 heavy (non-hydrogen) atoms. The molecule has 166 valence electrons. The van der Waals surface area contributed by atoms with Crippen molar-refractivity contribution < 1.29 is 18.8 Å². The zero-order chi connectivity index (χ0) is 22.7. The number of rotatable bonds is 5. The molecule has 0 fully saturated rings. The number of carbonyl (C=O) groups is 2. The first-order chi connectivity index (χ1) is 15.3. The van der Waals surface area contributed by atoms with Crippen LogP contribution < -0.4 is 15.4 Å². The lowest BCUT2D eigenvalue weighted by atomic mass is 9.93. The fraction of sp³-hybridized carbons (Fsp3) is 0.320.